The van der Waals surface area contributed by atoms with Gasteiger partial charge in [-0.2, -0.15) is 0 Å². The van der Waals surface area contributed by atoms with Gasteiger partial charge in [-0.1, -0.05) is 31.9 Å². The highest BCUT2D eigenvalue weighted by Gasteiger charge is 2.03. The van der Waals surface area contributed by atoms with Crippen molar-refractivity contribution in [1.82, 2.24) is 0 Å². The first-order chi connectivity index (χ1) is 5.77. The molecule has 0 aliphatic rings. The molecule has 0 aliphatic heterocycles. The zero-order valence-electron chi connectivity index (χ0n) is 6.99. The van der Waals surface area contributed by atoms with Crippen molar-refractivity contribution in [1.29, 1.82) is 0 Å². The summed E-state index contributed by atoms with van der Waals surface area (Å²) < 4.78 is 2.73. The second kappa shape index (κ2) is 4.38. The van der Waals surface area contributed by atoms with Crippen molar-refractivity contribution in [3.63, 3.8) is 0 Å². The Kier molecular flexibility index (Phi) is 3.44. The topological polar surface area (TPSA) is 32.3 Å². The van der Waals surface area contributed by atoms with E-state index < -0.39 is 0 Å². The molecular formula is C9H13NOS. The average Bonchev–Trinajstić information content (AvgIpc) is 2.17. The predicted molar refractivity (Wildman–Crippen MR) is 54.3 cm³/mol. The molecule has 0 radical (unpaired) electrons. The number of rotatable bonds is 3. The smallest absolute Gasteiger partial charge is 0.0788 e. The number of aliphatic hydroxyl groups excluding tert-OH is 1. The summed E-state index contributed by atoms with van der Waals surface area (Å²) in [6, 6.07) is 7.59. The Morgan fingerprint density at radius 2 is 2.33 bits per heavy atom. The zero-order chi connectivity index (χ0) is 8.97. The number of nitrogens with one attached hydrogen (secondary N) is 1. The van der Waals surface area contributed by atoms with Crippen molar-refractivity contribution in [2.75, 3.05) is 4.72 Å². The van der Waals surface area contributed by atoms with E-state index in [1.54, 1.807) is 0 Å². The highest BCUT2D eigenvalue weighted by molar-refractivity contribution is 7.81. The number of hydrogen-bond donors (Lipinski definition) is 3. The van der Waals surface area contributed by atoms with Crippen LogP contribution in [0.3, 0.4) is 0 Å². The third-order valence-corrected chi connectivity index (χ3v) is 2.05. The second-order valence-corrected chi connectivity index (χ2v) is 2.88. The predicted octanol–water partition coefficient (Wildman–Crippen LogP) is 2.39. The molecule has 0 saturated heterocycles. The van der Waals surface area contributed by atoms with Gasteiger partial charge in [0.25, 0.3) is 0 Å². The van der Waals surface area contributed by atoms with Crippen molar-refractivity contribution in [2.24, 2.45) is 0 Å². The lowest BCUT2D eigenvalue weighted by molar-refractivity contribution is 0.174. The van der Waals surface area contributed by atoms with E-state index in [2.05, 4.69) is 17.5 Å². The zero-order valence-corrected chi connectivity index (χ0v) is 7.88. The third kappa shape index (κ3) is 2.16. The van der Waals surface area contributed by atoms with Crippen molar-refractivity contribution in [2.45, 2.75) is 19.4 Å². The maximum Gasteiger partial charge on any atom is 0.0788 e. The van der Waals surface area contributed by atoms with E-state index in [9.17, 15) is 5.11 Å². The van der Waals surface area contributed by atoms with Crippen LogP contribution in [0.5, 0.6) is 0 Å². The lowest BCUT2D eigenvalue weighted by atomic mass is 10.1. The van der Waals surface area contributed by atoms with Crippen LogP contribution in [0, 0.1) is 0 Å². The van der Waals surface area contributed by atoms with E-state index >= 15 is 0 Å². The lowest BCUT2D eigenvalue weighted by Gasteiger charge is -2.08. The van der Waals surface area contributed by atoms with Crippen LogP contribution in [-0.4, -0.2) is 5.11 Å². The number of aliphatic hydroxyl groups is 1. The summed E-state index contributed by atoms with van der Waals surface area (Å²) >= 11 is 3.92. The summed E-state index contributed by atoms with van der Waals surface area (Å²) in [6.07, 6.45) is 0.363. The van der Waals surface area contributed by atoms with E-state index in [4.69, 9.17) is 0 Å². The van der Waals surface area contributed by atoms with Crippen molar-refractivity contribution < 1.29 is 5.11 Å². The Morgan fingerprint density at radius 1 is 1.58 bits per heavy atom. The Bertz CT molecular complexity index is 252. The minimum atomic E-state index is -0.369. The molecule has 0 bridgehead atoms. The van der Waals surface area contributed by atoms with Crippen molar-refractivity contribution in [3.8, 4) is 0 Å². The quantitative estimate of drug-likeness (QED) is 0.629. The first-order valence-corrected chi connectivity index (χ1v) is 4.40. The summed E-state index contributed by atoms with van der Waals surface area (Å²) in [6.45, 7) is 1.95. The molecule has 0 heterocycles. The van der Waals surface area contributed by atoms with Gasteiger partial charge in [0.1, 0.15) is 0 Å². The Hall–Kier alpha value is -0.670. The molecule has 0 fully saturated rings. The van der Waals surface area contributed by atoms with Crippen LogP contribution in [0.25, 0.3) is 0 Å². The number of hydrogen-bond acceptors (Lipinski definition) is 3. The number of anilines is 1. The first-order valence-electron chi connectivity index (χ1n) is 3.96. The van der Waals surface area contributed by atoms with Crippen LogP contribution < -0.4 is 4.72 Å². The summed E-state index contributed by atoms with van der Waals surface area (Å²) in [5.74, 6) is 0. The Balaban J connectivity index is 2.86. The van der Waals surface area contributed by atoms with E-state index in [1.807, 2.05) is 31.2 Å². The van der Waals surface area contributed by atoms with Crippen molar-refractivity contribution >= 4 is 18.5 Å². The summed E-state index contributed by atoms with van der Waals surface area (Å²) in [5, 5.41) is 9.50. The molecule has 0 unspecified atom stereocenters. The minimum absolute atomic E-state index is 0.369. The average molecular weight is 183 g/mol. The molecule has 0 aliphatic carbocycles. The maximum absolute atomic E-state index is 9.50. The highest BCUT2D eigenvalue weighted by atomic mass is 32.1. The SMILES string of the molecule is CC[C@H](O)c1cccc(NS)c1. The molecule has 2 nitrogen and oxygen atoms in total. The maximum atomic E-state index is 9.50. The third-order valence-electron chi connectivity index (χ3n) is 1.79. The van der Waals surface area contributed by atoms with Gasteiger partial charge in [0, 0.05) is 5.69 Å². The van der Waals surface area contributed by atoms with Crippen LogP contribution in [0.15, 0.2) is 24.3 Å². The normalized spacial score (nSPS) is 12.6. The van der Waals surface area contributed by atoms with Gasteiger partial charge in [0.05, 0.1) is 6.10 Å². The molecule has 2 N–H and O–H groups in total. The van der Waals surface area contributed by atoms with Gasteiger partial charge >= 0.3 is 0 Å². The molecule has 0 aromatic heterocycles. The van der Waals surface area contributed by atoms with E-state index in [1.165, 1.54) is 0 Å². The molecule has 0 saturated carbocycles. The van der Waals surface area contributed by atoms with Gasteiger partial charge in [0.15, 0.2) is 0 Å². The Morgan fingerprint density at radius 3 is 2.92 bits per heavy atom. The summed E-state index contributed by atoms with van der Waals surface area (Å²) in [5.41, 5.74) is 1.83. The Labute approximate surface area is 78.2 Å². The van der Waals surface area contributed by atoms with Crippen molar-refractivity contribution in [3.05, 3.63) is 29.8 Å². The molecule has 1 aromatic rings. The standard InChI is InChI=1S/C9H13NOS/c1-2-9(11)7-4-3-5-8(6-7)10-12/h3-6,9-12H,2H2,1H3/t9-/m0/s1. The van der Waals surface area contributed by atoms with Crippen LogP contribution in [0.4, 0.5) is 5.69 Å². The fraction of sp³-hybridized carbons (Fsp3) is 0.333. The van der Waals surface area contributed by atoms with Gasteiger partial charge in [0.2, 0.25) is 0 Å². The fourth-order valence-corrected chi connectivity index (χ4v) is 1.19. The molecule has 0 amide bonds. The van der Waals surface area contributed by atoms with Crippen LogP contribution >= 0.6 is 12.8 Å². The molecule has 1 rings (SSSR count). The van der Waals surface area contributed by atoms with Gasteiger partial charge in [-0.15, -0.1) is 0 Å². The monoisotopic (exact) mass is 183 g/mol. The summed E-state index contributed by atoms with van der Waals surface area (Å²) in [7, 11) is 0. The molecule has 1 aromatic carbocycles. The molecule has 66 valence electrons. The largest absolute Gasteiger partial charge is 0.388 e. The van der Waals surface area contributed by atoms with Crippen LogP contribution in [-0.2, 0) is 0 Å². The first kappa shape index (κ1) is 9.42. The van der Waals surface area contributed by atoms with Gasteiger partial charge in [-0.05, 0) is 24.1 Å². The second-order valence-electron chi connectivity index (χ2n) is 2.66. The molecule has 12 heavy (non-hydrogen) atoms. The molecule has 1 atom stereocenters. The van der Waals surface area contributed by atoms with Gasteiger partial charge < -0.3 is 9.83 Å². The number of benzene rings is 1. The van der Waals surface area contributed by atoms with E-state index in [0.29, 0.717) is 0 Å². The van der Waals surface area contributed by atoms with E-state index in [-0.39, 0.29) is 6.10 Å². The lowest BCUT2D eigenvalue weighted by Crippen LogP contribution is -1.95. The fourth-order valence-electron chi connectivity index (χ4n) is 1.05. The highest BCUT2D eigenvalue weighted by Crippen LogP contribution is 2.19. The molecular weight excluding hydrogens is 170 g/mol. The number of thiol groups is 1. The van der Waals surface area contributed by atoms with Crippen LogP contribution in [0.2, 0.25) is 0 Å². The van der Waals surface area contributed by atoms with Gasteiger partial charge in [-0.25, -0.2) is 0 Å². The van der Waals surface area contributed by atoms with Gasteiger partial charge in [-0.3, -0.25) is 0 Å². The molecule has 3 heteroatoms. The minimum Gasteiger partial charge on any atom is -0.388 e. The molecule has 0 spiro atoms. The van der Waals surface area contributed by atoms with E-state index in [0.717, 1.165) is 17.7 Å². The summed E-state index contributed by atoms with van der Waals surface area (Å²) in [4.78, 5) is 0. The van der Waals surface area contributed by atoms with Crippen LogP contribution in [0.1, 0.15) is 25.0 Å².